The highest BCUT2D eigenvalue weighted by Crippen LogP contribution is 2.18. The molecular formula is C18H33N5O. The van der Waals surface area contributed by atoms with Crippen LogP contribution in [-0.4, -0.2) is 48.1 Å². The first-order valence-electron chi connectivity index (χ1n) is 9.18. The van der Waals surface area contributed by atoms with Gasteiger partial charge in [-0.3, -0.25) is 4.90 Å². The molecule has 0 aromatic carbocycles. The van der Waals surface area contributed by atoms with E-state index in [0.29, 0.717) is 24.4 Å². The van der Waals surface area contributed by atoms with Crippen molar-refractivity contribution in [1.29, 1.82) is 0 Å². The van der Waals surface area contributed by atoms with Crippen molar-refractivity contribution < 1.29 is 4.42 Å². The fourth-order valence-corrected chi connectivity index (χ4v) is 3.15. The Labute approximate surface area is 146 Å². The third-order valence-corrected chi connectivity index (χ3v) is 4.39. The SMILES string of the molecule is CCNC(=NCc1nc(C)c(C)o1)NC[C@H]1CCCN1CC(C)C. The highest BCUT2D eigenvalue weighted by molar-refractivity contribution is 5.79. The first kappa shape index (κ1) is 18.8. The van der Waals surface area contributed by atoms with Crippen LogP contribution in [0.1, 0.15) is 51.0 Å². The molecule has 6 heteroatoms. The van der Waals surface area contributed by atoms with Gasteiger partial charge in [0.15, 0.2) is 5.96 Å². The van der Waals surface area contributed by atoms with E-state index in [0.717, 1.165) is 30.5 Å². The lowest BCUT2D eigenvalue weighted by atomic mass is 10.1. The summed E-state index contributed by atoms with van der Waals surface area (Å²) in [5, 5.41) is 6.79. The summed E-state index contributed by atoms with van der Waals surface area (Å²) < 4.78 is 5.60. The van der Waals surface area contributed by atoms with Gasteiger partial charge in [-0.2, -0.15) is 0 Å². The predicted octanol–water partition coefficient (Wildman–Crippen LogP) is 2.47. The second kappa shape index (κ2) is 9.06. The van der Waals surface area contributed by atoms with Gasteiger partial charge in [0.1, 0.15) is 12.3 Å². The van der Waals surface area contributed by atoms with Gasteiger partial charge in [0.25, 0.3) is 0 Å². The second-order valence-corrected chi connectivity index (χ2v) is 7.01. The normalized spacial score (nSPS) is 19.2. The Morgan fingerprint density at radius 1 is 1.38 bits per heavy atom. The number of nitrogens with one attached hydrogen (secondary N) is 2. The number of rotatable bonds is 7. The lowest BCUT2D eigenvalue weighted by molar-refractivity contribution is 0.226. The average Bonchev–Trinajstić information content (AvgIpc) is 3.08. The van der Waals surface area contributed by atoms with E-state index in [2.05, 4.69) is 46.3 Å². The van der Waals surface area contributed by atoms with Crippen molar-refractivity contribution in [3.05, 3.63) is 17.3 Å². The molecule has 6 nitrogen and oxygen atoms in total. The molecule has 1 atom stereocenters. The minimum Gasteiger partial charge on any atom is -0.444 e. The molecular weight excluding hydrogens is 302 g/mol. The highest BCUT2D eigenvalue weighted by Gasteiger charge is 2.24. The Morgan fingerprint density at radius 2 is 2.17 bits per heavy atom. The maximum absolute atomic E-state index is 5.60. The fourth-order valence-electron chi connectivity index (χ4n) is 3.15. The predicted molar refractivity (Wildman–Crippen MR) is 98.2 cm³/mol. The number of likely N-dealkylation sites (tertiary alicyclic amines) is 1. The van der Waals surface area contributed by atoms with E-state index in [1.807, 2.05) is 13.8 Å². The number of aromatic nitrogens is 1. The summed E-state index contributed by atoms with van der Waals surface area (Å²) in [4.78, 5) is 11.6. The van der Waals surface area contributed by atoms with Crippen LogP contribution in [-0.2, 0) is 6.54 Å². The Hall–Kier alpha value is -1.56. The number of hydrogen-bond donors (Lipinski definition) is 2. The molecule has 0 saturated carbocycles. The van der Waals surface area contributed by atoms with E-state index in [-0.39, 0.29) is 0 Å². The van der Waals surface area contributed by atoms with Crippen LogP contribution in [0.5, 0.6) is 0 Å². The minimum atomic E-state index is 0.463. The molecule has 1 fully saturated rings. The van der Waals surface area contributed by atoms with Gasteiger partial charge in [-0.05, 0) is 46.1 Å². The van der Waals surface area contributed by atoms with Crippen molar-refractivity contribution in [3.8, 4) is 0 Å². The van der Waals surface area contributed by atoms with E-state index in [9.17, 15) is 0 Å². The van der Waals surface area contributed by atoms with E-state index in [4.69, 9.17) is 4.42 Å². The van der Waals surface area contributed by atoms with Crippen molar-refractivity contribution in [1.82, 2.24) is 20.5 Å². The van der Waals surface area contributed by atoms with Crippen molar-refractivity contribution in [3.63, 3.8) is 0 Å². The van der Waals surface area contributed by atoms with E-state index in [1.165, 1.54) is 25.9 Å². The van der Waals surface area contributed by atoms with Crippen LogP contribution >= 0.6 is 0 Å². The fraction of sp³-hybridized carbons (Fsp3) is 0.778. The van der Waals surface area contributed by atoms with Crippen LogP contribution < -0.4 is 10.6 Å². The zero-order valence-corrected chi connectivity index (χ0v) is 15.9. The number of hydrogen-bond acceptors (Lipinski definition) is 4. The van der Waals surface area contributed by atoms with Gasteiger partial charge in [-0.1, -0.05) is 13.8 Å². The van der Waals surface area contributed by atoms with Crippen molar-refractivity contribution >= 4 is 5.96 Å². The van der Waals surface area contributed by atoms with Gasteiger partial charge >= 0.3 is 0 Å². The molecule has 0 radical (unpaired) electrons. The van der Waals surface area contributed by atoms with Crippen LogP contribution in [0.25, 0.3) is 0 Å². The van der Waals surface area contributed by atoms with Crippen LogP contribution in [0.2, 0.25) is 0 Å². The zero-order chi connectivity index (χ0) is 17.5. The third kappa shape index (κ3) is 5.51. The number of oxazole rings is 1. The summed E-state index contributed by atoms with van der Waals surface area (Å²) in [6.07, 6.45) is 2.55. The van der Waals surface area contributed by atoms with E-state index in [1.54, 1.807) is 0 Å². The Morgan fingerprint density at radius 3 is 2.79 bits per heavy atom. The Bertz CT molecular complexity index is 518. The van der Waals surface area contributed by atoms with Gasteiger partial charge in [0, 0.05) is 25.7 Å². The topological polar surface area (TPSA) is 65.7 Å². The molecule has 2 rings (SSSR count). The van der Waals surface area contributed by atoms with Crippen LogP contribution in [0.15, 0.2) is 9.41 Å². The summed E-state index contributed by atoms with van der Waals surface area (Å²) in [5.74, 6) is 3.09. The molecule has 1 aromatic rings. The van der Waals surface area contributed by atoms with Crippen molar-refractivity contribution in [2.45, 2.75) is 60.0 Å². The summed E-state index contributed by atoms with van der Waals surface area (Å²) in [5.41, 5.74) is 0.938. The largest absolute Gasteiger partial charge is 0.444 e. The highest BCUT2D eigenvalue weighted by atomic mass is 16.4. The quantitative estimate of drug-likeness (QED) is 0.592. The first-order valence-corrected chi connectivity index (χ1v) is 9.18. The van der Waals surface area contributed by atoms with Gasteiger partial charge in [-0.15, -0.1) is 0 Å². The van der Waals surface area contributed by atoms with Crippen LogP contribution in [0.4, 0.5) is 0 Å². The van der Waals surface area contributed by atoms with Gasteiger partial charge in [-0.25, -0.2) is 9.98 Å². The van der Waals surface area contributed by atoms with E-state index >= 15 is 0 Å². The Balaban J connectivity index is 1.89. The maximum Gasteiger partial charge on any atom is 0.216 e. The molecule has 0 aliphatic carbocycles. The smallest absolute Gasteiger partial charge is 0.216 e. The van der Waals surface area contributed by atoms with E-state index < -0.39 is 0 Å². The summed E-state index contributed by atoms with van der Waals surface area (Å²) in [6.45, 7) is 15.2. The molecule has 0 amide bonds. The number of aryl methyl sites for hydroxylation is 2. The molecule has 1 saturated heterocycles. The second-order valence-electron chi connectivity index (χ2n) is 7.01. The van der Waals surface area contributed by atoms with Gasteiger partial charge < -0.3 is 15.1 Å². The molecule has 2 heterocycles. The monoisotopic (exact) mass is 335 g/mol. The van der Waals surface area contributed by atoms with Crippen molar-refractivity contribution in [2.24, 2.45) is 10.9 Å². The average molecular weight is 335 g/mol. The van der Waals surface area contributed by atoms with Crippen molar-refractivity contribution in [2.75, 3.05) is 26.2 Å². The van der Waals surface area contributed by atoms with Gasteiger partial charge in [0.2, 0.25) is 5.89 Å². The van der Waals surface area contributed by atoms with Crippen LogP contribution in [0, 0.1) is 19.8 Å². The molecule has 1 aliphatic rings. The van der Waals surface area contributed by atoms with Crippen LogP contribution in [0.3, 0.4) is 0 Å². The van der Waals surface area contributed by atoms with Gasteiger partial charge in [0.05, 0.1) is 5.69 Å². The zero-order valence-electron chi connectivity index (χ0n) is 15.9. The Kier molecular flexibility index (Phi) is 7.09. The summed E-state index contributed by atoms with van der Waals surface area (Å²) in [6, 6.07) is 0.600. The molecule has 24 heavy (non-hydrogen) atoms. The third-order valence-electron chi connectivity index (χ3n) is 4.39. The molecule has 1 aliphatic heterocycles. The molecule has 0 bridgehead atoms. The molecule has 0 spiro atoms. The molecule has 0 unspecified atom stereocenters. The number of aliphatic imine (C=N–C) groups is 1. The first-order chi connectivity index (χ1) is 11.5. The lowest BCUT2D eigenvalue weighted by Crippen LogP contribution is -2.45. The minimum absolute atomic E-state index is 0.463. The summed E-state index contributed by atoms with van der Waals surface area (Å²) in [7, 11) is 0. The standard InChI is InChI=1S/C18H33N5O/c1-6-19-18(21-11-17-22-14(4)15(5)24-17)20-10-16-8-7-9-23(16)12-13(2)3/h13,16H,6-12H2,1-5H3,(H2,19,20,21)/t16-/m1/s1. The number of nitrogens with zero attached hydrogens (tertiary/aromatic N) is 3. The molecule has 136 valence electrons. The summed E-state index contributed by atoms with van der Waals surface area (Å²) >= 11 is 0. The maximum atomic E-state index is 5.60. The number of guanidine groups is 1. The lowest BCUT2D eigenvalue weighted by Gasteiger charge is -2.27. The molecule has 1 aromatic heterocycles. The molecule has 2 N–H and O–H groups in total.